The number of amides is 4. The number of hydrogen-bond donors (Lipinski definition) is 3. The molecule has 0 saturated carbocycles. The molecule has 11 nitrogen and oxygen atoms in total. The molecule has 50 heavy (non-hydrogen) atoms. The summed E-state index contributed by atoms with van der Waals surface area (Å²) in [4.78, 5) is 43.1. The van der Waals surface area contributed by atoms with Gasteiger partial charge in [-0.15, -0.1) is 0 Å². The number of nitrogens with one attached hydrogen (secondary N) is 1. The quantitative estimate of drug-likeness (QED) is 0.142. The maximum absolute atomic E-state index is 14.1. The van der Waals surface area contributed by atoms with Gasteiger partial charge in [-0.1, -0.05) is 107 Å². The number of aliphatic hydroxyl groups excluding tert-OH is 1. The highest BCUT2D eigenvalue weighted by molar-refractivity contribution is 7.89. The van der Waals surface area contributed by atoms with Gasteiger partial charge in [0.25, 0.3) is 5.91 Å². The summed E-state index contributed by atoms with van der Waals surface area (Å²) >= 11 is 6.05. The Balaban J connectivity index is 1.59. The van der Waals surface area contributed by atoms with Crippen LogP contribution < -0.4 is 11.1 Å². The third-order valence-electron chi connectivity index (χ3n) is 8.53. The number of halogens is 1. The number of benzene rings is 3. The molecular formula is C37H46ClN5O6S. The van der Waals surface area contributed by atoms with Crippen molar-refractivity contribution < 1.29 is 27.9 Å². The molecule has 4 N–H and O–H groups in total. The van der Waals surface area contributed by atoms with Crippen LogP contribution in [0.4, 0.5) is 10.5 Å². The Kier molecular flexibility index (Phi) is 12.8. The van der Waals surface area contributed by atoms with Gasteiger partial charge in [-0.05, 0) is 53.1 Å². The van der Waals surface area contributed by atoms with Gasteiger partial charge < -0.3 is 21.1 Å². The fourth-order valence-electron chi connectivity index (χ4n) is 5.94. The second-order valence-electron chi connectivity index (χ2n) is 13.3. The van der Waals surface area contributed by atoms with E-state index >= 15 is 0 Å². The number of carbonyl (C=O) groups is 3. The summed E-state index contributed by atoms with van der Waals surface area (Å²) in [5.74, 6) is -1.50. The Morgan fingerprint density at radius 1 is 1.02 bits per heavy atom. The van der Waals surface area contributed by atoms with E-state index in [1.54, 1.807) is 19.9 Å². The van der Waals surface area contributed by atoms with Gasteiger partial charge in [0.05, 0.1) is 34.3 Å². The van der Waals surface area contributed by atoms with Crippen molar-refractivity contribution in [1.82, 2.24) is 19.4 Å². The lowest BCUT2D eigenvalue weighted by atomic mass is 9.97. The number of imide groups is 1. The molecule has 4 rings (SSSR count). The van der Waals surface area contributed by atoms with Crippen molar-refractivity contribution in [3.05, 3.63) is 101 Å². The predicted molar refractivity (Wildman–Crippen MR) is 195 cm³/mol. The first-order valence-corrected chi connectivity index (χ1v) is 18.3. The summed E-state index contributed by atoms with van der Waals surface area (Å²) in [5, 5.41) is 14.9. The summed E-state index contributed by atoms with van der Waals surface area (Å²) in [6, 6.07) is 17.9. The molecule has 1 fully saturated rings. The Bertz CT molecular complexity index is 1790. The third-order valence-corrected chi connectivity index (χ3v) is 10.7. The molecule has 0 aromatic heterocycles. The first-order valence-electron chi connectivity index (χ1n) is 16.5. The fourth-order valence-corrected chi connectivity index (χ4v) is 7.72. The number of aliphatic hydroxyl groups is 1. The van der Waals surface area contributed by atoms with E-state index in [0.717, 1.165) is 21.6 Å². The zero-order valence-electron chi connectivity index (χ0n) is 28.8. The van der Waals surface area contributed by atoms with Crippen LogP contribution in [0.25, 0.3) is 6.08 Å². The normalized spacial score (nSPS) is 15.5. The molecule has 3 atom stereocenters. The largest absolute Gasteiger partial charge is 0.397 e. The minimum atomic E-state index is -4.14. The first kappa shape index (κ1) is 38.6. The van der Waals surface area contributed by atoms with Crippen molar-refractivity contribution in [1.29, 1.82) is 0 Å². The number of nitrogens with zero attached hydrogens (tertiary/aromatic N) is 3. The smallest absolute Gasteiger partial charge is 0.328 e. The van der Waals surface area contributed by atoms with Gasteiger partial charge in [-0.25, -0.2) is 13.2 Å². The Morgan fingerprint density at radius 3 is 2.26 bits per heavy atom. The van der Waals surface area contributed by atoms with E-state index in [1.165, 1.54) is 27.4 Å². The monoisotopic (exact) mass is 723 g/mol. The van der Waals surface area contributed by atoms with Crippen molar-refractivity contribution in [2.45, 2.75) is 63.7 Å². The van der Waals surface area contributed by atoms with Gasteiger partial charge in [0, 0.05) is 13.1 Å². The maximum atomic E-state index is 14.1. The van der Waals surface area contributed by atoms with E-state index in [1.807, 2.05) is 68.4 Å². The van der Waals surface area contributed by atoms with Crippen LogP contribution in [-0.2, 0) is 32.6 Å². The number of urea groups is 1. The number of hydrogen-bond acceptors (Lipinski definition) is 7. The molecule has 1 aliphatic heterocycles. The van der Waals surface area contributed by atoms with E-state index in [2.05, 4.69) is 11.9 Å². The van der Waals surface area contributed by atoms with Crippen molar-refractivity contribution in [2.75, 3.05) is 25.4 Å². The molecular weight excluding hydrogens is 678 g/mol. The van der Waals surface area contributed by atoms with Gasteiger partial charge in [0.1, 0.15) is 12.6 Å². The van der Waals surface area contributed by atoms with Crippen LogP contribution in [0.15, 0.2) is 84.3 Å². The first-order chi connectivity index (χ1) is 23.6. The molecule has 268 valence electrons. The fraction of sp³-hybridized carbons (Fsp3) is 0.378. The van der Waals surface area contributed by atoms with Crippen LogP contribution in [-0.4, -0.2) is 83.3 Å². The van der Waals surface area contributed by atoms with E-state index in [9.17, 15) is 27.9 Å². The summed E-state index contributed by atoms with van der Waals surface area (Å²) in [5.41, 5.74) is 8.47. The summed E-state index contributed by atoms with van der Waals surface area (Å²) in [7, 11) is -4.14. The molecule has 0 radical (unpaired) electrons. The van der Waals surface area contributed by atoms with Crippen LogP contribution in [0.3, 0.4) is 0 Å². The van der Waals surface area contributed by atoms with Crippen molar-refractivity contribution in [3.8, 4) is 0 Å². The zero-order chi connectivity index (χ0) is 36.7. The zero-order valence-corrected chi connectivity index (χ0v) is 30.4. The van der Waals surface area contributed by atoms with Crippen LogP contribution in [0.1, 0.15) is 44.4 Å². The maximum Gasteiger partial charge on any atom is 0.328 e. The molecule has 3 aromatic rings. The standard InChI is InChI=1S/C37H46ClN5O6S/c1-6-26-12-14-28(15-13-26)21-42-34(45)23-43(37(42)47)35(25(4)5)36(46)40-32(18-27-10-8-7-9-11-27)33(44)22-41(20-24(2)3)50(48,49)29-16-17-30(38)31(39)19-29/h6-17,19,24-25,32-33,35,44H,1,18,20-23,39H2,2-5H3,(H,40,46)/t32-,33+,35-/m0/s1. The van der Waals surface area contributed by atoms with Gasteiger partial charge in [-0.2, -0.15) is 4.31 Å². The second-order valence-corrected chi connectivity index (χ2v) is 15.6. The highest BCUT2D eigenvalue weighted by Crippen LogP contribution is 2.26. The molecule has 0 aliphatic carbocycles. The molecule has 4 amide bonds. The average Bonchev–Trinajstić information content (AvgIpc) is 3.33. The van der Waals surface area contributed by atoms with Crippen LogP contribution in [0, 0.1) is 11.8 Å². The average molecular weight is 724 g/mol. The highest BCUT2D eigenvalue weighted by Gasteiger charge is 2.44. The molecule has 0 unspecified atom stereocenters. The van der Waals surface area contributed by atoms with Crippen molar-refractivity contribution in [3.63, 3.8) is 0 Å². The Morgan fingerprint density at radius 2 is 1.68 bits per heavy atom. The summed E-state index contributed by atoms with van der Waals surface area (Å²) < 4.78 is 28.9. The molecule has 1 heterocycles. The van der Waals surface area contributed by atoms with Crippen LogP contribution in [0.2, 0.25) is 5.02 Å². The van der Waals surface area contributed by atoms with Crippen LogP contribution in [0.5, 0.6) is 0 Å². The highest BCUT2D eigenvalue weighted by atomic mass is 35.5. The minimum absolute atomic E-state index is 0.0484. The number of carbonyl (C=O) groups excluding carboxylic acids is 3. The predicted octanol–water partition coefficient (Wildman–Crippen LogP) is 4.79. The molecule has 13 heteroatoms. The number of sulfonamides is 1. The lowest BCUT2D eigenvalue weighted by molar-refractivity contribution is -0.129. The van der Waals surface area contributed by atoms with E-state index in [-0.39, 0.29) is 54.1 Å². The van der Waals surface area contributed by atoms with Crippen LogP contribution >= 0.6 is 11.6 Å². The van der Waals surface area contributed by atoms with E-state index in [4.69, 9.17) is 17.3 Å². The SMILES string of the molecule is C=Cc1ccc(CN2C(=O)CN([C@H](C(=O)N[C@@H](Cc3ccccc3)[C@H](O)CN(CC(C)C)S(=O)(=O)c3ccc(Cl)c(N)c3)C(C)C)C2=O)cc1. The topological polar surface area (TPSA) is 153 Å². The van der Waals surface area contributed by atoms with Gasteiger partial charge in [-0.3, -0.25) is 14.5 Å². The van der Waals surface area contributed by atoms with Crippen molar-refractivity contribution >= 4 is 51.2 Å². The van der Waals surface area contributed by atoms with Crippen molar-refractivity contribution in [2.24, 2.45) is 11.8 Å². The number of nitrogen functional groups attached to an aromatic ring is 1. The molecule has 1 saturated heterocycles. The van der Waals surface area contributed by atoms with E-state index < -0.39 is 52.0 Å². The number of nitrogens with two attached hydrogens (primary N) is 1. The van der Waals surface area contributed by atoms with E-state index in [0.29, 0.717) is 0 Å². The Hall–Kier alpha value is -4.23. The molecule has 1 aliphatic rings. The summed E-state index contributed by atoms with van der Waals surface area (Å²) in [6.07, 6.45) is 0.500. The third kappa shape index (κ3) is 9.30. The lowest BCUT2D eigenvalue weighted by Crippen LogP contribution is -2.57. The molecule has 3 aromatic carbocycles. The van der Waals surface area contributed by atoms with Gasteiger partial charge >= 0.3 is 6.03 Å². The Labute approximate surface area is 299 Å². The second kappa shape index (κ2) is 16.7. The van der Waals surface area contributed by atoms with Gasteiger partial charge in [0.15, 0.2) is 0 Å². The number of anilines is 1. The number of rotatable bonds is 16. The summed E-state index contributed by atoms with van der Waals surface area (Å²) in [6.45, 7) is 10.5. The lowest BCUT2D eigenvalue weighted by Gasteiger charge is -2.34. The molecule has 0 spiro atoms. The van der Waals surface area contributed by atoms with Gasteiger partial charge in [0.2, 0.25) is 15.9 Å². The molecule has 0 bridgehead atoms. The minimum Gasteiger partial charge on any atom is -0.397 e.